The Kier molecular flexibility index (Phi) is 4.93. The van der Waals surface area contributed by atoms with E-state index in [1.807, 2.05) is 34.6 Å². The van der Waals surface area contributed by atoms with Gasteiger partial charge in [-0.25, -0.2) is 0 Å². The maximum atomic E-state index is 5.44. The van der Waals surface area contributed by atoms with Gasteiger partial charge in [-0.1, -0.05) is 0 Å². The highest BCUT2D eigenvalue weighted by atomic mass is 16.5. The van der Waals surface area contributed by atoms with E-state index in [4.69, 9.17) is 9.47 Å². The Morgan fingerprint density at radius 1 is 0.941 bits per heavy atom. The monoisotopic (exact) mass is 240 g/mol. The molecule has 17 heavy (non-hydrogen) atoms. The number of aromatic nitrogens is 3. The van der Waals surface area contributed by atoms with Crippen molar-refractivity contribution in [3.63, 3.8) is 0 Å². The summed E-state index contributed by atoms with van der Waals surface area (Å²) in [4.78, 5) is 12.4. The summed E-state index contributed by atoms with van der Waals surface area (Å²) < 4.78 is 10.9. The normalized spacial score (nSPS) is 10.8. The van der Waals surface area contributed by atoms with Gasteiger partial charge >= 0.3 is 12.0 Å². The van der Waals surface area contributed by atoms with Crippen LogP contribution in [0, 0.1) is 0 Å². The second-order valence-corrected chi connectivity index (χ2v) is 4.09. The van der Waals surface area contributed by atoms with E-state index in [1.54, 1.807) is 0 Å². The zero-order chi connectivity index (χ0) is 12.8. The summed E-state index contributed by atoms with van der Waals surface area (Å²) in [5.41, 5.74) is 0. The molecule has 0 unspecified atom stereocenters. The molecule has 1 N–H and O–H groups in total. The first-order chi connectivity index (χ1) is 8.01. The average Bonchev–Trinajstić information content (AvgIpc) is 2.14. The Morgan fingerprint density at radius 2 is 1.41 bits per heavy atom. The maximum Gasteiger partial charge on any atom is 0.324 e. The van der Waals surface area contributed by atoms with Gasteiger partial charge in [-0.15, -0.1) is 4.98 Å². The van der Waals surface area contributed by atoms with Crippen LogP contribution in [0.25, 0.3) is 0 Å². The maximum absolute atomic E-state index is 5.44. The number of nitrogens with one attached hydrogen (secondary N) is 1. The van der Waals surface area contributed by atoms with Crippen LogP contribution in [0.15, 0.2) is 0 Å². The van der Waals surface area contributed by atoms with Crippen LogP contribution >= 0.6 is 0 Å². The minimum absolute atomic E-state index is 0.0128. The summed E-state index contributed by atoms with van der Waals surface area (Å²) in [7, 11) is 0. The highest BCUT2D eigenvalue weighted by Crippen LogP contribution is 2.14. The SMILES string of the molecule is CCNc1nc(OC(C)C)nc(OC(C)C)n1. The van der Waals surface area contributed by atoms with Gasteiger partial charge in [0.2, 0.25) is 5.95 Å². The van der Waals surface area contributed by atoms with E-state index in [0.717, 1.165) is 6.54 Å². The van der Waals surface area contributed by atoms with Crippen LogP contribution < -0.4 is 14.8 Å². The van der Waals surface area contributed by atoms with Crippen molar-refractivity contribution >= 4 is 5.95 Å². The van der Waals surface area contributed by atoms with Gasteiger partial charge in [0.15, 0.2) is 0 Å². The molecule has 0 aliphatic carbocycles. The van der Waals surface area contributed by atoms with Crippen LogP contribution in [-0.2, 0) is 0 Å². The highest BCUT2D eigenvalue weighted by molar-refractivity contribution is 5.27. The third-order valence-electron chi connectivity index (χ3n) is 1.61. The third-order valence-corrected chi connectivity index (χ3v) is 1.61. The first-order valence-electron chi connectivity index (χ1n) is 5.84. The fraction of sp³-hybridized carbons (Fsp3) is 0.727. The fourth-order valence-corrected chi connectivity index (χ4v) is 1.10. The summed E-state index contributed by atoms with van der Waals surface area (Å²) in [6.45, 7) is 10.4. The molecule has 0 radical (unpaired) electrons. The Labute approximate surface area is 102 Å². The Morgan fingerprint density at radius 3 is 1.76 bits per heavy atom. The van der Waals surface area contributed by atoms with E-state index in [1.165, 1.54) is 0 Å². The van der Waals surface area contributed by atoms with Crippen molar-refractivity contribution in [1.82, 2.24) is 15.0 Å². The first-order valence-corrected chi connectivity index (χ1v) is 5.84. The molecule has 0 fully saturated rings. The molecule has 0 aliphatic heterocycles. The topological polar surface area (TPSA) is 69.2 Å². The van der Waals surface area contributed by atoms with Crippen LogP contribution in [0.4, 0.5) is 5.95 Å². The van der Waals surface area contributed by atoms with Gasteiger partial charge in [-0.2, -0.15) is 9.97 Å². The van der Waals surface area contributed by atoms with Crippen molar-refractivity contribution in [2.75, 3.05) is 11.9 Å². The van der Waals surface area contributed by atoms with Gasteiger partial charge < -0.3 is 14.8 Å². The van der Waals surface area contributed by atoms with Crippen LogP contribution in [0.2, 0.25) is 0 Å². The van der Waals surface area contributed by atoms with Gasteiger partial charge in [-0.3, -0.25) is 0 Å². The van der Waals surface area contributed by atoms with Gasteiger partial charge in [0.05, 0.1) is 12.2 Å². The summed E-state index contributed by atoms with van der Waals surface area (Å²) in [6, 6.07) is 0.559. The van der Waals surface area contributed by atoms with Gasteiger partial charge in [0, 0.05) is 6.54 Å². The fourth-order valence-electron chi connectivity index (χ4n) is 1.10. The summed E-state index contributed by atoms with van der Waals surface area (Å²) in [6.07, 6.45) is 0.0255. The average molecular weight is 240 g/mol. The van der Waals surface area contributed by atoms with Crippen LogP contribution in [0.1, 0.15) is 34.6 Å². The Bertz CT molecular complexity index is 327. The lowest BCUT2D eigenvalue weighted by Gasteiger charge is -2.12. The lowest BCUT2D eigenvalue weighted by molar-refractivity contribution is 0.197. The first kappa shape index (κ1) is 13.5. The predicted octanol–water partition coefficient (Wildman–Crippen LogP) is 1.88. The van der Waals surface area contributed by atoms with Crippen molar-refractivity contribution < 1.29 is 9.47 Å². The van der Waals surface area contributed by atoms with E-state index in [9.17, 15) is 0 Å². The van der Waals surface area contributed by atoms with E-state index < -0.39 is 0 Å². The molecule has 0 spiro atoms. The van der Waals surface area contributed by atoms with E-state index in [0.29, 0.717) is 5.95 Å². The summed E-state index contributed by atoms with van der Waals surface area (Å²) in [5.74, 6) is 0.466. The molecule has 1 aromatic rings. The van der Waals surface area contributed by atoms with Crippen LogP contribution in [-0.4, -0.2) is 33.7 Å². The molecule has 0 amide bonds. The number of ether oxygens (including phenoxy) is 2. The lowest BCUT2D eigenvalue weighted by Crippen LogP contribution is -2.14. The predicted molar refractivity (Wildman–Crippen MR) is 65.5 cm³/mol. The number of hydrogen-bond donors (Lipinski definition) is 1. The molecule has 0 saturated heterocycles. The van der Waals surface area contributed by atoms with Crippen molar-refractivity contribution in [1.29, 1.82) is 0 Å². The number of hydrogen-bond acceptors (Lipinski definition) is 6. The number of rotatable bonds is 6. The molecule has 0 aromatic carbocycles. The molecule has 0 atom stereocenters. The van der Waals surface area contributed by atoms with Gasteiger partial charge in [0.25, 0.3) is 0 Å². The van der Waals surface area contributed by atoms with E-state index >= 15 is 0 Å². The Hall–Kier alpha value is -1.59. The van der Waals surface area contributed by atoms with E-state index in [2.05, 4.69) is 20.3 Å². The smallest absolute Gasteiger partial charge is 0.324 e. The van der Waals surface area contributed by atoms with Crippen molar-refractivity contribution in [2.45, 2.75) is 46.8 Å². The minimum atomic E-state index is 0.0128. The second-order valence-electron chi connectivity index (χ2n) is 4.09. The molecule has 0 bridgehead atoms. The molecular weight excluding hydrogens is 220 g/mol. The zero-order valence-corrected chi connectivity index (χ0v) is 11.0. The molecule has 1 rings (SSSR count). The molecule has 1 heterocycles. The van der Waals surface area contributed by atoms with Crippen LogP contribution in [0.3, 0.4) is 0 Å². The standard InChI is InChI=1S/C11H20N4O2/c1-6-12-9-13-10(16-7(2)3)15-11(14-9)17-8(4)5/h7-8H,6H2,1-5H3,(H,12,13,14,15). The number of anilines is 1. The quantitative estimate of drug-likeness (QED) is 0.818. The largest absolute Gasteiger partial charge is 0.461 e. The molecule has 0 saturated carbocycles. The van der Waals surface area contributed by atoms with Gasteiger partial charge in [-0.05, 0) is 34.6 Å². The highest BCUT2D eigenvalue weighted by Gasteiger charge is 2.10. The lowest BCUT2D eigenvalue weighted by atomic mass is 10.5. The third kappa shape index (κ3) is 4.84. The van der Waals surface area contributed by atoms with E-state index in [-0.39, 0.29) is 24.2 Å². The van der Waals surface area contributed by atoms with Crippen molar-refractivity contribution in [3.05, 3.63) is 0 Å². The molecular formula is C11H20N4O2. The molecule has 0 aliphatic rings. The zero-order valence-electron chi connectivity index (χ0n) is 11.0. The second kappa shape index (κ2) is 6.22. The summed E-state index contributed by atoms with van der Waals surface area (Å²) in [5, 5.41) is 3.01. The molecule has 6 heteroatoms. The molecule has 1 aromatic heterocycles. The summed E-state index contributed by atoms with van der Waals surface area (Å²) >= 11 is 0. The number of nitrogens with zero attached hydrogens (tertiary/aromatic N) is 3. The molecule has 96 valence electrons. The Balaban J connectivity index is 2.91. The van der Waals surface area contributed by atoms with Gasteiger partial charge in [0.1, 0.15) is 0 Å². The minimum Gasteiger partial charge on any atom is -0.461 e. The van der Waals surface area contributed by atoms with Crippen molar-refractivity contribution in [2.24, 2.45) is 0 Å². The molecule has 6 nitrogen and oxygen atoms in total. The van der Waals surface area contributed by atoms with Crippen LogP contribution in [0.5, 0.6) is 12.0 Å². The van der Waals surface area contributed by atoms with Crippen molar-refractivity contribution in [3.8, 4) is 12.0 Å².